The Labute approximate surface area is 178 Å². The molecule has 0 saturated heterocycles. The van der Waals surface area contributed by atoms with E-state index >= 15 is 0 Å². The first-order valence-electron chi connectivity index (χ1n) is 9.26. The largest absolute Gasteiger partial charge is 0.352 e. The first-order valence-corrected chi connectivity index (χ1v) is 11.5. The molecular weight excluding hydrogens is 458 g/mol. The van der Waals surface area contributed by atoms with Gasteiger partial charge in [0, 0.05) is 35.6 Å². The molecular formula is C20H22BrN3O4S. The molecule has 2 aromatic carbocycles. The fraction of sp³-hybridized carbons (Fsp3) is 0.300. The van der Waals surface area contributed by atoms with Gasteiger partial charge in [0.1, 0.15) is 0 Å². The zero-order valence-corrected chi connectivity index (χ0v) is 18.1. The number of anilines is 1. The average Bonchev–Trinajstić information content (AvgIpc) is 3.53. The Morgan fingerprint density at radius 2 is 1.72 bits per heavy atom. The molecule has 3 N–H and O–H groups in total. The number of halogens is 1. The van der Waals surface area contributed by atoms with Gasteiger partial charge >= 0.3 is 0 Å². The molecule has 0 heterocycles. The van der Waals surface area contributed by atoms with Gasteiger partial charge in [-0.05, 0) is 58.6 Å². The number of carbonyl (C=O) groups is 2. The van der Waals surface area contributed by atoms with Crippen LogP contribution in [-0.2, 0) is 26.2 Å². The minimum Gasteiger partial charge on any atom is -0.352 e. The van der Waals surface area contributed by atoms with Gasteiger partial charge in [-0.3, -0.25) is 9.59 Å². The second-order valence-electron chi connectivity index (χ2n) is 6.82. The summed E-state index contributed by atoms with van der Waals surface area (Å²) < 4.78 is 27.4. The van der Waals surface area contributed by atoms with Crippen LogP contribution >= 0.6 is 15.9 Å². The van der Waals surface area contributed by atoms with E-state index in [4.69, 9.17) is 0 Å². The first-order chi connectivity index (χ1) is 13.8. The predicted octanol–water partition coefficient (Wildman–Crippen LogP) is 2.78. The standard InChI is InChI=1S/C20H22BrN3O4S/c21-17-3-1-2-4-18(17)29(27,28)23-12-11-19(25)22-13-14-5-9-16(10-6-14)24-20(26)15-7-8-15/h1-6,9-10,15,23H,7-8,11-13H2,(H,22,25)(H,24,26). The van der Waals surface area contributed by atoms with E-state index in [1.807, 2.05) is 12.1 Å². The lowest BCUT2D eigenvalue weighted by molar-refractivity contribution is -0.121. The number of hydrogen-bond acceptors (Lipinski definition) is 4. The summed E-state index contributed by atoms with van der Waals surface area (Å²) >= 11 is 3.21. The van der Waals surface area contributed by atoms with Gasteiger partial charge in [-0.2, -0.15) is 0 Å². The molecule has 0 spiro atoms. The molecule has 1 fully saturated rings. The number of hydrogen-bond donors (Lipinski definition) is 3. The minimum atomic E-state index is -3.68. The monoisotopic (exact) mass is 479 g/mol. The molecule has 154 valence electrons. The van der Waals surface area contributed by atoms with Crippen LogP contribution in [0.4, 0.5) is 5.69 Å². The number of amides is 2. The zero-order chi connectivity index (χ0) is 20.9. The molecule has 0 aromatic heterocycles. The maximum atomic E-state index is 12.3. The van der Waals surface area contributed by atoms with E-state index in [1.165, 1.54) is 6.07 Å². The first kappa shape index (κ1) is 21.5. The number of benzene rings is 2. The van der Waals surface area contributed by atoms with Crippen LogP contribution in [0, 0.1) is 5.92 Å². The van der Waals surface area contributed by atoms with Gasteiger partial charge in [-0.25, -0.2) is 13.1 Å². The topological polar surface area (TPSA) is 104 Å². The molecule has 0 unspecified atom stereocenters. The highest BCUT2D eigenvalue weighted by Crippen LogP contribution is 2.30. The quantitative estimate of drug-likeness (QED) is 0.514. The molecule has 9 heteroatoms. The Kier molecular flexibility index (Phi) is 7.05. The van der Waals surface area contributed by atoms with Crippen molar-refractivity contribution in [2.75, 3.05) is 11.9 Å². The van der Waals surface area contributed by atoms with Gasteiger partial charge in [0.2, 0.25) is 21.8 Å². The predicted molar refractivity (Wildman–Crippen MR) is 114 cm³/mol. The van der Waals surface area contributed by atoms with E-state index in [1.54, 1.807) is 30.3 Å². The fourth-order valence-electron chi connectivity index (χ4n) is 2.62. The van der Waals surface area contributed by atoms with Crippen molar-refractivity contribution in [2.24, 2.45) is 5.92 Å². The van der Waals surface area contributed by atoms with Crippen molar-refractivity contribution in [3.8, 4) is 0 Å². The smallest absolute Gasteiger partial charge is 0.241 e. The lowest BCUT2D eigenvalue weighted by Gasteiger charge is -2.09. The van der Waals surface area contributed by atoms with Crippen molar-refractivity contribution in [3.05, 3.63) is 58.6 Å². The van der Waals surface area contributed by atoms with E-state index in [-0.39, 0.29) is 35.6 Å². The molecule has 3 rings (SSSR count). The van der Waals surface area contributed by atoms with Crippen LogP contribution in [-0.4, -0.2) is 26.8 Å². The lowest BCUT2D eigenvalue weighted by atomic mass is 10.2. The molecule has 0 atom stereocenters. The van der Waals surface area contributed by atoms with Gasteiger partial charge < -0.3 is 10.6 Å². The van der Waals surface area contributed by atoms with Crippen LogP contribution in [0.1, 0.15) is 24.8 Å². The molecule has 1 saturated carbocycles. The average molecular weight is 480 g/mol. The van der Waals surface area contributed by atoms with Gasteiger partial charge in [0.15, 0.2) is 0 Å². The van der Waals surface area contributed by atoms with Gasteiger partial charge in [0.25, 0.3) is 0 Å². The third-order valence-electron chi connectivity index (χ3n) is 4.43. The van der Waals surface area contributed by atoms with Crippen molar-refractivity contribution in [1.29, 1.82) is 0 Å². The van der Waals surface area contributed by atoms with Crippen molar-refractivity contribution in [1.82, 2.24) is 10.0 Å². The van der Waals surface area contributed by atoms with Crippen molar-refractivity contribution in [2.45, 2.75) is 30.7 Å². The highest BCUT2D eigenvalue weighted by Gasteiger charge is 2.29. The number of sulfonamides is 1. The van der Waals surface area contributed by atoms with E-state index in [2.05, 4.69) is 31.3 Å². The molecule has 1 aliphatic rings. The zero-order valence-electron chi connectivity index (χ0n) is 15.7. The van der Waals surface area contributed by atoms with Gasteiger partial charge in [0.05, 0.1) is 4.90 Å². The summed E-state index contributed by atoms with van der Waals surface area (Å²) in [5.74, 6) is -0.0589. The van der Waals surface area contributed by atoms with E-state index < -0.39 is 10.0 Å². The van der Waals surface area contributed by atoms with Crippen LogP contribution < -0.4 is 15.4 Å². The summed E-state index contributed by atoms with van der Waals surface area (Å²) in [6, 6.07) is 13.8. The Balaban J connectivity index is 1.40. The van der Waals surface area contributed by atoms with Crippen LogP contribution in [0.25, 0.3) is 0 Å². The molecule has 0 bridgehead atoms. The highest BCUT2D eigenvalue weighted by atomic mass is 79.9. The highest BCUT2D eigenvalue weighted by molar-refractivity contribution is 9.10. The molecule has 2 amide bonds. The van der Waals surface area contributed by atoms with Crippen molar-refractivity contribution < 1.29 is 18.0 Å². The van der Waals surface area contributed by atoms with Gasteiger partial charge in [-0.1, -0.05) is 24.3 Å². The van der Waals surface area contributed by atoms with E-state index in [9.17, 15) is 18.0 Å². The Morgan fingerprint density at radius 3 is 2.38 bits per heavy atom. The van der Waals surface area contributed by atoms with E-state index in [0.717, 1.165) is 24.1 Å². The summed E-state index contributed by atoms with van der Waals surface area (Å²) in [4.78, 5) is 23.9. The van der Waals surface area contributed by atoms with Crippen molar-refractivity contribution in [3.63, 3.8) is 0 Å². The second-order valence-corrected chi connectivity index (χ2v) is 9.41. The summed E-state index contributed by atoms with van der Waals surface area (Å²) in [6.07, 6.45) is 1.93. The van der Waals surface area contributed by atoms with Crippen LogP contribution in [0.2, 0.25) is 0 Å². The maximum Gasteiger partial charge on any atom is 0.241 e. The summed E-state index contributed by atoms with van der Waals surface area (Å²) in [7, 11) is -3.68. The fourth-order valence-corrected chi connectivity index (χ4v) is 4.66. The molecule has 2 aromatic rings. The summed E-state index contributed by atoms with van der Waals surface area (Å²) in [6.45, 7) is 0.328. The molecule has 1 aliphatic carbocycles. The van der Waals surface area contributed by atoms with Crippen LogP contribution in [0.5, 0.6) is 0 Å². The minimum absolute atomic E-state index is 0.00162. The molecule has 7 nitrogen and oxygen atoms in total. The Morgan fingerprint density at radius 1 is 1.03 bits per heavy atom. The van der Waals surface area contributed by atoms with E-state index in [0.29, 0.717) is 11.0 Å². The number of rotatable bonds is 9. The Bertz CT molecular complexity index is 989. The Hall–Kier alpha value is -2.23. The second kappa shape index (κ2) is 9.51. The summed E-state index contributed by atoms with van der Waals surface area (Å²) in [5, 5.41) is 5.62. The normalized spacial score (nSPS) is 13.7. The number of nitrogens with one attached hydrogen (secondary N) is 3. The molecule has 0 radical (unpaired) electrons. The van der Waals surface area contributed by atoms with Crippen molar-refractivity contribution >= 4 is 43.5 Å². The van der Waals surface area contributed by atoms with Crippen LogP contribution in [0.15, 0.2) is 57.9 Å². The van der Waals surface area contributed by atoms with Gasteiger partial charge in [-0.15, -0.1) is 0 Å². The third kappa shape index (κ3) is 6.38. The lowest BCUT2D eigenvalue weighted by Crippen LogP contribution is -2.30. The molecule has 29 heavy (non-hydrogen) atoms. The number of carbonyl (C=O) groups excluding carboxylic acids is 2. The molecule has 0 aliphatic heterocycles. The maximum absolute atomic E-state index is 12.3. The third-order valence-corrected chi connectivity index (χ3v) is 6.90. The van der Waals surface area contributed by atoms with Crippen LogP contribution in [0.3, 0.4) is 0 Å². The summed E-state index contributed by atoms with van der Waals surface area (Å²) in [5.41, 5.74) is 1.62. The SMILES string of the molecule is O=C(CCNS(=O)(=O)c1ccccc1Br)NCc1ccc(NC(=O)C2CC2)cc1.